The van der Waals surface area contributed by atoms with E-state index in [1.165, 1.54) is 29.1 Å². The third-order valence-corrected chi connectivity index (χ3v) is 6.14. The predicted molar refractivity (Wildman–Crippen MR) is 127 cm³/mol. The summed E-state index contributed by atoms with van der Waals surface area (Å²) in [5, 5.41) is 0. The Labute approximate surface area is 193 Å². The Morgan fingerprint density at radius 1 is 0.906 bits per heavy atom. The number of hydrogen-bond acceptors (Lipinski definition) is 3. The van der Waals surface area contributed by atoms with Crippen LogP contribution in [-0.2, 0) is 17.9 Å². The maximum absolute atomic E-state index is 13.5. The van der Waals surface area contributed by atoms with E-state index in [1.807, 2.05) is 70.2 Å². The van der Waals surface area contributed by atoms with Crippen LogP contribution in [0.15, 0.2) is 66.7 Å². The molecule has 0 aliphatic rings. The van der Waals surface area contributed by atoms with Gasteiger partial charge in [0.15, 0.2) is 0 Å². The molecular formula is C26H29FN2O2S. The van der Waals surface area contributed by atoms with Crippen molar-refractivity contribution < 1.29 is 14.0 Å². The van der Waals surface area contributed by atoms with Gasteiger partial charge in [0, 0.05) is 27.4 Å². The third-order valence-electron chi connectivity index (χ3n) is 5.15. The molecule has 168 valence electrons. The van der Waals surface area contributed by atoms with E-state index in [2.05, 4.69) is 0 Å². The van der Waals surface area contributed by atoms with Gasteiger partial charge in [-0.1, -0.05) is 30.3 Å². The number of benzene rings is 2. The second-order valence-electron chi connectivity index (χ2n) is 8.82. The molecular weight excluding hydrogens is 423 g/mol. The second kappa shape index (κ2) is 10.1. The van der Waals surface area contributed by atoms with Gasteiger partial charge in [0.2, 0.25) is 5.91 Å². The molecule has 2 aromatic carbocycles. The molecule has 1 heterocycles. The van der Waals surface area contributed by atoms with Crippen molar-refractivity contribution in [1.82, 2.24) is 9.80 Å². The van der Waals surface area contributed by atoms with Gasteiger partial charge in [-0.3, -0.25) is 9.59 Å². The summed E-state index contributed by atoms with van der Waals surface area (Å²) < 4.78 is 13.3. The van der Waals surface area contributed by atoms with Crippen molar-refractivity contribution in [2.75, 3.05) is 6.54 Å². The first-order chi connectivity index (χ1) is 15.1. The summed E-state index contributed by atoms with van der Waals surface area (Å²) in [5.74, 6) is -0.831. The fourth-order valence-electron chi connectivity index (χ4n) is 3.39. The van der Waals surface area contributed by atoms with E-state index in [0.29, 0.717) is 18.7 Å². The van der Waals surface area contributed by atoms with Crippen LogP contribution in [0.5, 0.6) is 0 Å². The maximum Gasteiger partial charge on any atom is 0.254 e. The van der Waals surface area contributed by atoms with Crippen molar-refractivity contribution in [3.8, 4) is 0 Å². The van der Waals surface area contributed by atoms with Crippen LogP contribution in [0, 0.1) is 12.7 Å². The number of rotatable bonds is 7. The highest BCUT2D eigenvalue weighted by molar-refractivity contribution is 7.11. The minimum Gasteiger partial charge on any atom is -0.332 e. The highest BCUT2D eigenvalue weighted by Gasteiger charge is 2.31. The van der Waals surface area contributed by atoms with Crippen LogP contribution < -0.4 is 0 Å². The van der Waals surface area contributed by atoms with Gasteiger partial charge < -0.3 is 9.80 Å². The molecule has 6 heteroatoms. The largest absolute Gasteiger partial charge is 0.332 e. The van der Waals surface area contributed by atoms with E-state index in [9.17, 15) is 14.0 Å². The summed E-state index contributed by atoms with van der Waals surface area (Å²) >= 11 is 1.66. The van der Waals surface area contributed by atoms with Crippen molar-refractivity contribution in [2.24, 2.45) is 0 Å². The first-order valence-corrected chi connectivity index (χ1v) is 11.4. The van der Waals surface area contributed by atoms with Crippen molar-refractivity contribution in [3.63, 3.8) is 0 Å². The second-order valence-corrected chi connectivity index (χ2v) is 10.2. The average Bonchev–Trinajstić information content (AvgIpc) is 3.16. The molecule has 0 bridgehead atoms. The van der Waals surface area contributed by atoms with E-state index >= 15 is 0 Å². The van der Waals surface area contributed by atoms with Crippen molar-refractivity contribution >= 4 is 23.2 Å². The van der Waals surface area contributed by atoms with E-state index in [4.69, 9.17) is 0 Å². The summed E-state index contributed by atoms with van der Waals surface area (Å²) in [5.41, 5.74) is 0.804. The van der Waals surface area contributed by atoms with Crippen molar-refractivity contribution in [2.45, 2.75) is 46.3 Å². The van der Waals surface area contributed by atoms with Crippen molar-refractivity contribution in [3.05, 3.63) is 93.4 Å². The molecule has 3 aromatic rings. The normalized spacial score (nSPS) is 11.3. The lowest BCUT2D eigenvalue weighted by Gasteiger charge is -2.37. The van der Waals surface area contributed by atoms with Crippen LogP contribution in [0.4, 0.5) is 4.39 Å². The Balaban J connectivity index is 1.84. The van der Waals surface area contributed by atoms with E-state index < -0.39 is 11.4 Å². The van der Waals surface area contributed by atoms with Gasteiger partial charge in [0.05, 0.1) is 6.54 Å². The Morgan fingerprint density at radius 3 is 2.12 bits per heavy atom. The SMILES string of the molecule is Cc1ccc(CN(Cc2ccccc2)C(=O)CN(C(=O)c2ccc(F)cc2)C(C)(C)C)s1. The minimum atomic E-state index is -0.584. The fourth-order valence-corrected chi connectivity index (χ4v) is 4.30. The molecule has 0 fully saturated rings. The molecule has 4 nitrogen and oxygen atoms in total. The number of hydrogen-bond donors (Lipinski definition) is 0. The van der Waals surface area contributed by atoms with E-state index in [0.717, 1.165) is 10.4 Å². The topological polar surface area (TPSA) is 40.6 Å². The lowest BCUT2D eigenvalue weighted by molar-refractivity contribution is -0.134. The van der Waals surface area contributed by atoms with Crippen LogP contribution in [-0.4, -0.2) is 33.7 Å². The third kappa shape index (κ3) is 6.26. The average molecular weight is 453 g/mol. The monoisotopic (exact) mass is 452 g/mol. The maximum atomic E-state index is 13.5. The van der Waals surface area contributed by atoms with Gasteiger partial charge in [0.25, 0.3) is 5.91 Å². The zero-order valence-corrected chi connectivity index (χ0v) is 19.8. The summed E-state index contributed by atoms with van der Waals surface area (Å²) in [6.45, 7) is 8.61. The van der Waals surface area contributed by atoms with Crippen LogP contribution in [0.3, 0.4) is 0 Å². The number of carbonyl (C=O) groups excluding carboxylic acids is 2. The summed E-state index contributed by atoms with van der Waals surface area (Å²) in [4.78, 5) is 32.3. The molecule has 0 saturated carbocycles. The minimum absolute atomic E-state index is 0.0586. The van der Waals surface area contributed by atoms with Gasteiger partial charge >= 0.3 is 0 Å². The Hall–Kier alpha value is -2.99. The smallest absolute Gasteiger partial charge is 0.254 e. The lowest BCUT2D eigenvalue weighted by Crippen LogP contribution is -2.51. The van der Waals surface area contributed by atoms with E-state index in [1.54, 1.807) is 21.1 Å². The number of aryl methyl sites for hydroxylation is 1. The fraction of sp³-hybridized carbons (Fsp3) is 0.308. The van der Waals surface area contributed by atoms with Gasteiger partial charge in [-0.2, -0.15) is 0 Å². The van der Waals surface area contributed by atoms with Crippen LogP contribution in [0.1, 0.15) is 46.4 Å². The number of amides is 2. The molecule has 0 spiro atoms. The summed E-state index contributed by atoms with van der Waals surface area (Å²) in [6.07, 6.45) is 0. The van der Waals surface area contributed by atoms with Crippen LogP contribution in [0.2, 0.25) is 0 Å². The molecule has 0 unspecified atom stereocenters. The number of carbonyl (C=O) groups is 2. The Bertz CT molecular complexity index is 1060. The van der Waals surface area contributed by atoms with Gasteiger partial charge in [-0.15, -0.1) is 11.3 Å². The first-order valence-electron chi connectivity index (χ1n) is 10.6. The summed E-state index contributed by atoms with van der Waals surface area (Å²) in [7, 11) is 0. The number of halogens is 1. The van der Waals surface area contributed by atoms with E-state index in [-0.39, 0.29) is 18.4 Å². The molecule has 0 aliphatic carbocycles. The zero-order chi connectivity index (χ0) is 23.3. The first kappa shape index (κ1) is 23.7. The van der Waals surface area contributed by atoms with Crippen molar-refractivity contribution in [1.29, 1.82) is 0 Å². The molecule has 0 radical (unpaired) electrons. The van der Waals surface area contributed by atoms with Gasteiger partial charge in [0.1, 0.15) is 12.4 Å². The molecule has 3 rings (SSSR count). The molecule has 0 aliphatic heterocycles. The standard InChI is InChI=1S/C26H29FN2O2S/c1-19-10-15-23(32-19)17-28(16-20-8-6-5-7-9-20)24(30)18-29(26(2,3)4)25(31)21-11-13-22(27)14-12-21/h5-15H,16-18H2,1-4H3. The highest BCUT2D eigenvalue weighted by atomic mass is 32.1. The Morgan fingerprint density at radius 2 is 1.56 bits per heavy atom. The lowest BCUT2D eigenvalue weighted by atomic mass is 10.0. The van der Waals surface area contributed by atoms with Gasteiger partial charge in [-0.25, -0.2) is 4.39 Å². The summed E-state index contributed by atoms with van der Waals surface area (Å²) in [6, 6.07) is 19.3. The molecule has 0 saturated heterocycles. The molecule has 2 amide bonds. The van der Waals surface area contributed by atoms with Gasteiger partial charge in [-0.05, 0) is 69.7 Å². The Kier molecular flexibility index (Phi) is 7.46. The van der Waals surface area contributed by atoms with Crippen LogP contribution in [0.25, 0.3) is 0 Å². The molecule has 1 aromatic heterocycles. The number of thiophene rings is 1. The quantitative estimate of drug-likeness (QED) is 0.464. The highest BCUT2D eigenvalue weighted by Crippen LogP contribution is 2.21. The van der Waals surface area contributed by atoms with Crippen LogP contribution >= 0.6 is 11.3 Å². The molecule has 32 heavy (non-hydrogen) atoms. The predicted octanol–water partition coefficient (Wildman–Crippen LogP) is 5.67. The number of nitrogens with zero attached hydrogens (tertiary/aromatic N) is 2. The zero-order valence-electron chi connectivity index (χ0n) is 19.0. The molecule has 0 N–H and O–H groups in total. The molecule has 0 atom stereocenters.